The van der Waals surface area contributed by atoms with E-state index in [0.717, 1.165) is 0 Å². The van der Waals surface area contributed by atoms with E-state index in [0.29, 0.717) is 11.5 Å². The summed E-state index contributed by atoms with van der Waals surface area (Å²) in [5.74, 6) is -1.94. The van der Waals surface area contributed by atoms with E-state index in [1.54, 1.807) is 12.1 Å². The van der Waals surface area contributed by atoms with Crippen LogP contribution >= 0.6 is 0 Å². The Morgan fingerprint density at radius 3 is 1.67 bits per heavy atom. The number of carboxylic acids is 1. The van der Waals surface area contributed by atoms with E-state index in [1.165, 1.54) is 50.6 Å². The molecule has 0 aromatic heterocycles. The predicted octanol–water partition coefficient (Wildman–Crippen LogP) is 2.17. The summed E-state index contributed by atoms with van der Waals surface area (Å²) in [6, 6.07) is 12.0. The largest absolute Gasteiger partial charge is 0.497 e. The average Bonchev–Trinajstić information content (AvgIpc) is 2.70. The Bertz CT molecular complexity index is 795. The first-order chi connectivity index (χ1) is 12.9. The van der Waals surface area contributed by atoms with Crippen LogP contribution in [0.25, 0.3) is 0 Å². The number of carboxylic acid groups (broad SMARTS) is 1. The molecule has 0 bridgehead atoms. The zero-order valence-corrected chi connectivity index (χ0v) is 14.7. The van der Waals surface area contributed by atoms with Crippen LogP contribution in [0.3, 0.4) is 0 Å². The summed E-state index contributed by atoms with van der Waals surface area (Å²) in [5, 5.41) is 9.20. The maximum atomic E-state index is 12.1. The van der Waals surface area contributed by atoms with Crippen LogP contribution < -0.4 is 9.47 Å². The minimum atomic E-state index is -1.64. The van der Waals surface area contributed by atoms with Gasteiger partial charge in [0.2, 0.25) is 6.10 Å². The van der Waals surface area contributed by atoms with E-state index in [4.69, 9.17) is 18.9 Å². The van der Waals surface area contributed by atoms with Gasteiger partial charge in [-0.3, -0.25) is 0 Å². The first kappa shape index (κ1) is 19.8. The average molecular weight is 374 g/mol. The molecule has 2 aromatic carbocycles. The van der Waals surface area contributed by atoms with Gasteiger partial charge in [-0.2, -0.15) is 0 Å². The van der Waals surface area contributed by atoms with Gasteiger partial charge in [-0.25, -0.2) is 14.4 Å². The second kappa shape index (κ2) is 9.23. The summed E-state index contributed by atoms with van der Waals surface area (Å²) in [6.45, 7) is -0.623. The Kier molecular flexibility index (Phi) is 6.76. The lowest BCUT2D eigenvalue weighted by molar-refractivity contribution is -0.149. The fourth-order valence-corrected chi connectivity index (χ4v) is 2.04. The second-order valence-electron chi connectivity index (χ2n) is 5.29. The zero-order chi connectivity index (χ0) is 19.8. The molecule has 1 N–H and O–H groups in total. The third kappa shape index (κ3) is 5.46. The van der Waals surface area contributed by atoms with Crippen molar-refractivity contribution in [3.05, 3.63) is 59.7 Å². The molecule has 0 spiro atoms. The van der Waals surface area contributed by atoms with E-state index in [1.807, 2.05) is 0 Å². The molecule has 0 aliphatic rings. The lowest BCUT2D eigenvalue weighted by Gasteiger charge is -2.14. The molecular weight excluding hydrogens is 356 g/mol. The number of hydrogen-bond donors (Lipinski definition) is 1. The van der Waals surface area contributed by atoms with Gasteiger partial charge in [0, 0.05) is 0 Å². The standard InChI is InChI=1S/C19H18O8/c1-24-14-7-3-12(4-8-14)18(22)26-11-16(17(20)21)27-19(23)13-5-9-15(25-2)10-6-13/h3-10,16H,11H2,1-2H3,(H,20,21)/t16-/m0/s1. The number of methoxy groups -OCH3 is 2. The molecule has 8 heteroatoms. The van der Waals surface area contributed by atoms with Crippen molar-refractivity contribution in [3.8, 4) is 11.5 Å². The normalized spacial score (nSPS) is 11.2. The van der Waals surface area contributed by atoms with Gasteiger partial charge in [0.25, 0.3) is 0 Å². The summed E-state index contributed by atoms with van der Waals surface area (Å²) in [5.41, 5.74) is 0.352. The van der Waals surface area contributed by atoms with Gasteiger partial charge >= 0.3 is 17.9 Å². The van der Waals surface area contributed by atoms with Crippen molar-refractivity contribution in [2.24, 2.45) is 0 Å². The lowest BCUT2D eigenvalue weighted by atomic mass is 10.2. The SMILES string of the molecule is COc1ccc(C(=O)OC[C@H](OC(=O)c2ccc(OC)cc2)C(=O)O)cc1. The molecule has 27 heavy (non-hydrogen) atoms. The highest BCUT2D eigenvalue weighted by Crippen LogP contribution is 2.14. The number of esters is 2. The molecule has 0 radical (unpaired) electrons. The van der Waals surface area contributed by atoms with Gasteiger partial charge < -0.3 is 24.1 Å². The summed E-state index contributed by atoms with van der Waals surface area (Å²) in [6.07, 6.45) is -1.64. The number of rotatable bonds is 8. The van der Waals surface area contributed by atoms with E-state index >= 15 is 0 Å². The lowest BCUT2D eigenvalue weighted by Crippen LogP contribution is -2.32. The first-order valence-corrected chi connectivity index (χ1v) is 7.83. The molecule has 8 nitrogen and oxygen atoms in total. The third-order valence-electron chi connectivity index (χ3n) is 3.54. The van der Waals surface area contributed by atoms with Crippen molar-refractivity contribution in [1.82, 2.24) is 0 Å². The highest BCUT2D eigenvalue weighted by atomic mass is 16.6. The van der Waals surface area contributed by atoms with Crippen molar-refractivity contribution in [2.45, 2.75) is 6.10 Å². The number of hydrogen-bond acceptors (Lipinski definition) is 7. The molecule has 0 fully saturated rings. The van der Waals surface area contributed by atoms with E-state index < -0.39 is 30.6 Å². The molecular formula is C19H18O8. The van der Waals surface area contributed by atoms with Crippen molar-refractivity contribution in [2.75, 3.05) is 20.8 Å². The molecule has 0 aliphatic carbocycles. The molecule has 0 unspecified atom stereocenters. The Labute approximate surface area is 155 Å². The monoisotopic (exact) mass is 374 g/mol. The molecule has 0 saturated heterocycles. The van der Waals surface area contributed by atoms with Crippen LogP contribution in [0.5, 0.6) is 11.5 Å². The minimum Gasteiger partial charge on any atom is -0.497 e. The van der Waals surface area contributed by atoms with Crippen molar-refractivity contribution in [3.63, 3.8) is 0 Å². The summed E-state index contributed by atoms with van der Waals surface area (Å²) >= 11 is 0. The van der Waals surface area contributed by atoms with E-state index in [2.05, 4.69) is 0 Å². The number of ether oxygens (including phenoxy) is 4. The summed E-state index contributed by atoms with van der Waals surface area (Å²) < 4.78 is 19.8. The Morgan fingerprint density at radius 2 is 1.26 bits per heavy atom. The first-order valence-electron chi connectivity index (χ1n) is 7.83. The van der Waals surface area contributed by atoms with Crippen LogP contribution in [0.4, 0.5) is 0 Å². The van der Waals surface area contributed by atoms with Gasteiger partial charge in [0.05, 0.1) is 25.3 Å². The minimum absolute atomic E-state index is 0.142. The highest BCUT2D eigenvalue weighted by Gasteiger charge is 2.25. The van der Waals surface area contributed by atoms with Gasteiger partial charge in [-0.1, -0.05) is 0 Å². The predicted molar refractivity (Wildman–Crippen MR) is 93.1 cm³/mol. The van der Waals surface area contributed by atoms with Gasteiger partial charge in [-0.05, 0) is 48.5 Å². The quantitative estimate of drug-likeness (QED) is 0.701. The maximum Gasteiger partial charge on any atom is 0.348 e. The molecule has 0 amide bonds. The van der Waals surface area contributed by atoms with Gasteiger partial charge in [0.15, 0.2) is 0 Å². The Hall–Kier alpha value is -3.55. The summed E-state index contributed by atoms with van der Waals surface area (Å²) in [7, 11) is 2.97. The van der Waals surface area contributed by atoms with Crippen LogP contribution in [-0.2, 0) is 14.3 Å². The molecule has 1 atom stereocenters. The van der Waals surface area contributed by atoms with Crippen molar-refractivity contribution < 1.29 is 38.4 Å². The topological polar surface area (TPSA) is 108 Å². The molecule has 0 saturated carbocycles. The number of benzene rings is 2. The molecule has 142 valence electrons. The van der Waals surface area contributed by atoms with Crippen molar-refractivity contribution >= 4 is 17.9 Å². The van der Waals surface area contributed by atoms with Crippen LogP contribution in [0.15, 0.2) is 48.5 Å². The van der Waals surface area contributed by atoms with Crippen LogP contribution in [0.2, 0.25) is 0 Å². The van der Waals surface area contributed by atoms with Gasteiger partial charge in [0.1, 0.15) is 18.1 Å². The zero-order valence-electron chi connectivity index (χ0n) is 14.7. The second-order valence-corrected chi connectivity index (χ2v) is 5.29. The molecule has 0 aliphatic heterocycles. The van der Waals surface area contributed by atoms with Crippen LogP contribution in [-0.4, -0.2) is 49.9 Å². The fourth-order valence-electron chi connectivity index (χ4n) is 2.04. The maximum absolute atomic E-state index is 12.1. The van der Waals surface area contributed by atoms with Gasteiger partial charge in [-0.15, -0.1) is 0 Å². The number of aliphatic carboxylic acids is 1. The summed E-state index contributed by atoms with van der Waals surface area (Å²) in [4.78, 5) is 35.3. The van der Waals surface area contributed by atoms with E-state index in [9.17, 15) is 19.5 Å². The van der Waals surface area contributed by atoms with E-state index in [-0.39, 0.29) is 11.1 Å². The van der Waals surface area contributed by atoms with Crippen LogP contribution in [0.1, 0.15) is 20.7 Å². The molecule has 2 aromatic rings. The van der Waals surface area contributed by atoms with Crippen LogP contribution in [0, 0.1) is 0 Å². The molecule has 0 heterocycles. The smallest absolute Gasteiger partial charge is 0.348 e. The Morgan fingerprint density at radius 1 is 0.815 bits per heavy atom. The number of carbonyl (C=O) groups excluding carboxylic acids is 2. The third-order valence-corrected chi connectivity index (χ3v) is 3.54. The van der Waals surface area contributed by atoms with Crippen molar-refractivity contribution in [1.29, 1.82) is 0 Å². The fraction of sp³-hybridized carbons (Fsp3) is 0.211. The molecule has 2 rings (SSSR count). The number of carbonyl (C=O) groups is 3. The Balaban J connectivity index is 1.96. The highest BCUT2D eigenvalue weighted by molar-refractivity contribution is 5.92.